The van der Waals surface area contributed by atoms with Crippen LogP contribution in [0.2, 0.25) is 5.02 Å². The summed E-state index contributed by atoms with van der Waals surface area (Å²) in [6.07, 6.45) is 2.74. The van der Waals surface area contributed by atoms with Gasteiger partial charge in [-0.1, -0.05) is 45.4 Å². The van der Waals surface area contributed by atoms with Crippen LogP contribution in [0.3, 0.4) is 0 Å². The van der Waals surface area contributed by atoms with Crippen molar-refractivity contribution >= 4 is 24.0 Å². The summed E-state index contributed by atoms with van der Waals surface area (Å²) >= 11 is 6.38. The van der Waals surface area contributed by atoms with Crippen LogP contribution in [-0.4, -0.2) is 12.6 Å². The van der Waals surface area contributed by atoms with Crippen LogP contribution in [0.25, 0.3) is 0 Å². The van der Waals surface area contributed by atoms with E-state index in [1.54, 1.807) is 0 Å². The molecule has 20 heavy (non-hydrogen) atoms. The van der Waals surface area contributed by atoms with Crippen molar-refractivity contribution in [2.45, 2.75) is 58.9 Å². The van der Waals surface area contributed by atoms with E-state index in [0.717, 1.165) is 30.6 Å². The Morgan fingerprint density at radius 2 is 1.90 bits per heavy atom. The van der Waals surface area contributed by atoms with Crippen LogP contribution in [0.4, 0.5) is 0 Å². The molecule has 1 rings (SSSR count). The first kappa shape index (κ1) is 19.6. The van der Waals surface area contributed by atoms with Crippen molar-refractivity contribution in [2.75, 3.05) is 6.61 Å². The fourth-order valence-corrected chi connectivity index (χ4v) is 2.25. The van der Waals surface area contributed by atoms with Crippen LogP contribution in [0.15, 0.2) is 12.1 Å². The quantitative estimate of drug-likeness (QED) is 0.771. The first-order chi connectivity index (χ1) is 8.99. The van der Waals surface area contributed by atoms with Crippen molar-refractivity contribution in [3.05, 3.63) is 28.3 Å². The molecule has 2 nitrogen and oxygen atoms in total. The lowest BCUT2D eigenvalue weighted by molar-refractivity contribution is 0.313. The van der Waals surface area contributed by atoms with Crippen LogP contribution in [0.5, 0.6) is 5.75 Å². The summed E-state index contributed by atoms with van der Waals surface area (Å²) < 4.78 is 5.81. The highest BCUT2D eigenvalue weighted by atomic mass is 35.5. The molecule has 2 N–H and O–H groups in total. The average Bonchev–Trinajstić information content (AvgIpc) is 2.37. The third-order valence-electron chi connectivity index (χ3n) is 3.27. The Balaban J connectivity index is 0.00000361. The van der Waals surface area contributed by atoms with Gasteiger partial charge >= 0.3 is 0 Å². The number of halogens is 2. The third-order valence-corrected chi connectivity index (χ3v) is 3.55. The Labute approximate surface area is 134 Å². The zero-order chi connectivity index (χ0) is 14.4. The third kappa shape index (κ3) is 5.51. The van der Waals surface area contributed by atoms with Gasteiger partial charge in [0.15, 0.2) is 0 Å². The summed E-state index contributed by atoms with van der Waals surface area (Å²) in [6, 6.07) is 4.36. The molecule has 0 aliphatic carbocycles. The van der Waals surface area contributed by atoms with Crippen molar-refractivity contribution < 1.29 is 4.74 Å². The van der Waals surface area contributed by atoms with E-state index in [1.807, 2.05) is 6.07 Å². The van der Waals surface area contributed by atoms with Gasteiger partial charge in [0.1, 0.15) is 5.75 Å². The van der Waals surface area contributed by atoms with Crippen LogP contribution in [-0.2, 0) is 6.42 Å². The fourth-order valence-electron chi connectivity index (χ4n) is 1.95. The van der Waals surface area contributed by atoms with Gasteiger partial charge in [-0.3, -0.25) is 0 Å². The Morgan fingerprint density at radius 3 is 2.40 bits per heavy atom. The van der Waals surface area contributed by atoms with E-state index < -0.39 is 0 Å². The van der Waals surface area contributed by atoms with Gasteiger partial charge in [-0.05, 0) is 42.4 Å². The monoisotopic (exact) mass is 319 g/mol. The zero-order valence-electron chi connectivity index (χ0n) is 12.9. The largest absolute Gasteiger partial charge is 0.492 e. The Morgan fingerprint density at radius 1 is 1.25 bits per heavy atom. The van der Waals surface area contributed by atoms with E-state index in [9.17, 15) is 0 Å². The van der Waals surface area contributed by atoms with Gasteiger partial charge in [-0.25, -0.2) is 0 Å². The molecular formula is C16H27Cl2NO. The lowest BCUT2D eigenvalue weighted by Gasteiger charge is -2.18. The van der Waals surface area contributed by atoms with Crippen LogP contribution in [0, 0.1) is 0 Å². The highest BCUT2D eigenvalue weighted by molar-refractivity contribution is 6.32. The maximum absolute atomic E-state index is 6.38. The lowest BCUT2D eigenvalue weighted by atomic mass is 9.96. The second kappa shape index (κ2) is 9.49. The lowest BCUT2D eigenvalue weighted by Crippen LogP contribution is -2.22. The molecule has 1 atom stereocenters. The number of benzene rings is 1. The first-order valence-electron chi connectivity index (χ1n) is 7.20. The predicted octanol–water partition coefficient (Wildman–Crippen LogP) is 4.95. The summed E-state index contributed by atoms with van der Waals surface area (Å²) in [6.45, 7) is 9.22. The van der Waals surface area contributed by atoms with E-state index in [2.05, 4.69) is 33.8 Å². The number of rotatable bonds is 7. The van der Waals surface area contributed by atoms with Crippen LogP contribution < -0.4 is 10.5 Å². The molecule has 0 aliphatic rings. The van der Waals surface area contributed by atoms with E-state index in [4.69, 9.17) is 22.1 Å². The van der Waals surface area contributed by atoms with Gasteiger partial charge < -0.3 is 10.5 Å². The van der Waals surface area contributed by atoms with Crippen molar-refractivity contribution in [2.24, 2.45) is 5.73 Å². The number of nitrogens with two attached hydrogens (primary N) is 1. The topological polar surface area (TPSA) is 35.2 Å². The minimum Gasteiger partial charge on any atom is -0.492 e. The van der Waals surface area contributed by atoms with E-state index >= 15 is 0 Å². The molecule has 0 spiro atoms. The normalized spacial score (nSPS) is 12.2. The van der Waals surface area contributed by atoms with Crippen molar-refractivity contribution in [1.82, 2.24) is 0 Å². The molecular weight excluding hydrogens is 293 g/mol. The van der Waals surface area contributed by atoms with Gasteiger partial charge in [-0.2, -0.15) is 0 Å². The second-order valence-corrected chi connectivity index (χ2v) is 5.77. The van der Waals surface area contributed by atoms with E-state index in [0.29, 0.717) is 17.5 Å². The SMILES string of the molecule is CCCOc1c(Cl)cc(C(C)C)cc1CC(N)CC.Cl. The molecule has 0 bridgehead atoms. The first-order valence-corrected chi connectivity index (χ1v) is 7.58. The van der Waals surface area contributed by atoms with Crippen LogP contribution in [0.1, 0.15) is 57.6 Å². The maximum atomic E-state index is 6.38. The molecule has 0 heterocycles. The molecule has 116 valence electrons. The minimum atomic E-state index is 0. The number of ether oxygens (including phenoxy) is 1. The molecule has 0 saturated carbocycles. The van der Waals surface area contributed by atoms with E-state index in [1.165, 1.54) is 5.56 Å². The van der Waals surface area contributed by atoms with Crippen molar-refractivity contribution in [3.8, 4) is 5.75 Å². The van der Waals surface area contributed by atoms with Gasteiger partial charge in [-0.15, -0.1) is 12.4 Å². The summed E-state index contributed by atoms with van der Waals surface area (Å²) in [4.78, 5) is 0. The van der Waals surface area contributed by atoms with Gasteiger partial charge in [0, 0.05) is 6.04 Å². The molecule has 1 aromatic carbocycles. The van der Waals surface area contributed by atoms with Crippen LogP contribution >= 0.6 is 24.0 Å². The molecule has 0 aliphatic heterocycles. The minimum absolute atomic E-state index is 0. The summed E-state index contributed by atoms with van der Waals surface area (Å²) in [5.74, 6) is 1.27. The highest BCUT2D eigenvalue weighted by Crippen LogP contribution is 2.34. The number of hydrogen-bond donors (Lipinski definition) is 1. The summed E-state index contributed by atoms with van der Waals surface area (Å²) in [5, 5.41) is 0.706. The Kier molecular flexibility index (Phi) is 9.28. The van der Waals surface area contributed by atoms with Crippen molar-refractivity contribution in [1.29, 1.82) is 0 Å². The molecule has 0 fully saturated rings. The standard InChI is InChI=1S/C16H26ClNO.ClH/c1-5-7-19-16-13(9-14(18)6-2)8-12(11(3)4)10-15(16)17;/h8,10-11,14H,5-7,9,18H2,1-4H3;1H. The smallest absolute Gasteiger partial charge is 0.141 e. The molecule has 4 heteroatoms. The Bertz CT molecular complexity index is 408. The Hall–Kier alpha value is -0.440. The molecule has 0 radical (unpaired) electrons. The molecule has 0 aromatic heterocycles. The molecule has 1 aromatic rings. The molecule has 1 unspecified atom stereocenters. The highest BCUT2D eigenvalue weighted by Gasteiger charge is 2.14. The predicted molar refractivity (Wildman–Crippen MR) is 90.5 cm³/mol. The number of hydrogen-bond acceptors (Lipinski definition) is 2. The second-order valence-electron chi connectivity index (χ2n) is 5.37. The summed E-state index contributed by atoms with van der Waals surface area (Å²) in [7, 11) is 0. The average molecular weight is 320 g/mol. The van der Waals surface area contributed by atoms with E-state index in [-0.39, 0.29) is 18.4 Å². The molecule has 0 amide bonds. The molecule has 0 saturated heterocycles. The van der Waals surface area contributed by atoms with Gasteiger partial charge in [0.25, 0.3) is 0 Å². The maximum Gasteiger partial charge on any atom is 0.141 e. The van der Waals surface area contributed by atoms with Gasteiger partial charge in [0.2, 0.25) is 0 Å². The summed E-state index contributed by atoms with van der Waals surface area (Å²) in [5.41, 5.74) is 8.46. The van der Waals surface area contributed by atoms with Crippen molar-refractivity contribution in [3.63, 3.8) is 0 Å². The zero-order valence-corrected chi connectivity index (χ0v) is 14.5. The fraction of sp³-hybridized carbons (Fsp3) is 0.625. The van der Waals surface area contributed by atoms with Gasteiger partial charge in [0.05, 0.1) is 11.6 Å².